The Hall–Kier alpha value is -1.95. The molecule has 2 aromatic rings. The molecule has 0 amide bonds. The van der Waals surface area contributed by atoms with Crippen LogP contribution in [0.2, 0.25) is 0 Å². The average Bonchev–Trinajstić information content (AvgIpc) is 3.25. The molecule has 1 fully saturated rings. The van der Waals surface area contributed by atoms with Crippen LogP contribution in [0, 0.1) is 0 Å². The Kier molecular flexibility index (Phi) is 5.68. The van der Waals surface area contributed by atoms with Gasteiger partial charge < -0.3 is 10.2 Å². The zero-order valence-electron chi connectivity index (χ0n) is 15.3. The summed E-state index contributed by atoms with van der Waals surface area (Å²) in [4.78, 5) is 8.44. The summed E-state index contributed by atoms with van der Waals surface area (Å²) in [6.07, 6.45) is 6.44. The maximum absolute atomic E-state index is 4.93. The van der Waals surface area contributed by atoms with Crippen LogP contribution in [0.3, 0.4) is 0 Å². The summed E-state index contributed by atoms with van der Waals surface area (Å²) < 4.78 is 2.11. The van der Waals surface area contributed by atoms with Gasteiger partial charge in [0.05, 0.1) is 12.7 Å². The lowest BCUT2D eigenvalue weighted by molar-refractivity contribution is 0.476. The Morgan fingerprint density at radius 3 is 2.72 bits per heavy atom. The number of nitrogens with zero attached hydrogens (tertiary/aromatic N) is 4. The van der Waals surface area contributed by atoms with Gasteiger partial charge in [-0.25, -0.2) is 0 Å². The fourth-order valence-corrected chi connectivity index (χ4v) is 3.99. The first-order valence-corrected chi connectivity index (χ1v) is 9.63. The van der Waals surface area contributed by atoms with E-state index in [1.807, 2.05) is 35.9 Å². The zero-order valence-corrected chi connectivity index (χ0v) is 16.1. The van der Waals surface area contributed by atoms with Crippen molar-refractivity contribution in [3.05, 3.63) is 48.3 Å². The van der Waals surface area contributed by atoms with Gasteiger partial charge in [-0.2, -0.15) is 5.10 Å². The average molecular weight is 358 g/mol. The third-order valence-corrected chi connectivity index (χ3v) is 5.76. The largest absolute Gasteiger partial charge is 0.357 e. The van der Waals surface area contributed by atoms with Crippen LogP contribution >= 0.6 is 11.8 Å². The lowest BCUT2D eigenvalue weighted by Gasteiger charge is -2.22. The van der Waals surface area contributed by atoms with E-state index >= 15 is 0 Å². The van der Waals surface area contributed by atoms with Crippen LogP contribution in [0.15, 0.2) is 52.6 Å². The van der Waals surface area contributed by atoms with E-state index in [1.54, 1.807) is 0 Å². The van der Waals surface area contributed by atoms with Crippen LogP contribution in [-0.2, 0) is 13.6 Å². The maximum atomic E-state index is 4.93. The van der Waals surface area contributed by atoms with E-state index in [9.17, 15) is 0 Å². The Morgan fingerprint density at radius 2 is 2.12 bits per heavy atom. The molecule has 1 aromatic heterocycles. The van der Waals surface area contributed by atoms with E-state index in [0.717, 1.165) is 25.6 Å². The Balaban J connectivity index is 1.63. The number of aromatic nitrogens is 2. The minimum atomic E-state index is 0.275. The summed E-state index contributed by atoms with van der Waals surface area (Å²) in [5.41, 5.74) is 1.19. The molecule has 3 rings (SSSR count). The van der Waals surface area contributed by atoms with Gasteiger partial charge in [0.25, 0.3) is 0 Å². The van der Waals surface area contributed by atoms with Crippen molar-refractivity contribution in [3.63, 3.8) is 0 Å². The fourth-order valence-electron chi connectivity index (χ4n) is 2.76. The van der Waals surface area contributed by atoms with Gasteiger partial charge in [0.1, 0.15) is 0 Å². The van der Waals surface area contributed by atoms with Crippen molar-refractivity contribution in [1.82, 2.24) is 20.0 Å². The number of nitrogens with one attached hydrogen (secondary N) is 1. The van der Waals surface area contributed by atoms with E-state index in [1.165, 1.54) is 23.3 Å². The third kappa shape index (κ3) is 5.01. The minimum Gasteiger partial charge on any atom is -0.357 e. The van der Waals surface area contributed by atoms with Gasteiger partial charge in [0.15, 0.2) is 5.96 Å². The number of hydrogen-bond acceptors (Lipinski definition) is 3. The lowest BCUT2D eigenvalue weighted by atomic mass is 10.3. The Morgan fingerprint density at radius 1 is 1.36 bits per heavy atom. The smallest absolute Gasteiger partial charge is 0.194 e. The van der Waals surface area contributed by atoms with Crippen molar-refractivity contribution in [1.29, 1.82) is 0 Å². The molecule has 5 nitrogen and oxygen atoms in total. The van der Waals surface area contributed by atoms with Gasteiger partial charge in [0.2, 0.25) is 0 Å². The molecule has 1 aliphatic carbocycles. The summed E-state index contributed by atoms with van der Waals surface area (Å²) in [5.74, 6) is 0.964. The Labute approximate surface area is 154 Å². The van der Waals surface area contributed by atoms with E-state index in [2.05, 4.69) is 59.6 Å². The molecular formula is C19H27N5S. The van der Waals surface area contributed by atoms with Gasteiger partial charge in [-0.05, 0) is 31.9 Å². The van der Waals surface area contributed by atoms with Crippen LogP contribution in [0.4, 0.5) is 0 Å². The molecule has 0 radical (unpaired) electrons. The number of thioether (sulfide) groups is 1. The van der Waals surface area contributed by atoms with Crippen LogP contribution in [-0.4, -0.2) is 45.5 Å². The van der Waals surface area contributed by atoms with E-state index in [0.29, 0.717) is 0 Å². The van der Waals surface area contributed by atoms with Crippen molar-refractivity contribution < 1.29 is 0 Å². The second kappa shape index (κ2) is 7.95. The highest BCUT2D eigenvalue weighted by molar-refractivity contribution is 8.01. The molecule has 0 spiro atoms. The molecule has 1 heterocycles. The van der Waals surface area contributed by atoms with Crippen LogP contribution < -0.4 is 5.32 Å². The van der Waals surface area contributed by atoms with Crippen LogP contribution in [0.5, 0.6) is 0 Å². The Bertz CT molecular complexity index is 706. The summed E-state index contributed by atoms with van der Waals surface area (Å²) in [5, 5.41) is 7.66. The quantitative estimate of drug-likeness (QED) is 0.611. The molecule has 25 heavy (non-hydrogen) atoms. The van der Waals surface area contributed by atoms with Crippen LogP contribution in [0.1, 0.15) is 25.3 Å². The molecule has 0 aliphatic heterocycles. The highest BCUT2D eigenvalue weighted by Crippen LogP contribution is 2.51. The molecule has 1 aliphatic rings. The highest BCUT2D eigenvalue weighted by Gasteiger charge is 2.43. The highest BCUT2D eigenvalue weighted by atomic mass is 32.2. The molecule has 134 valence electrons. The second-order valence-electron chi connectivity index (χ2n) is 6.65. The van der Waals surface area contributed by atoms with Crippen molar-refractivity contribution in [2.75, 3.05) is 20.1 Å². The first-order chi connectivity index (χ1) is 12.1. The standard InChI is InChI=1S/C19H27N5S/c1-4-20-18(23(2)13-16-12-22-24(3)14-16)21-15-19(10-11-19)25-17-8-6-5-7-9-17/h5-9,12,14H,4,10-11,13,15H2,1-3H3,(H,20,21). The van der Waals surface area contributed by atoms with E-state index in [-0.39, 0.29) is 4.75 Å². The molecule has 0 atom stereocenters. The van der Waals surface area contributed by atoms with Crippen molar-refractivity contribution >= 4 is 17.7 Å². The topological polar surface area (TPSA) is 45.5 Å². The predicted octanol–water partition coefficient (Wildman–Crippen LogP) is 3.14. The number of guanidine groups is 1. The maximum Gasteiger partial charge on any atom is 0.194 e. The van der Waals surface area contributed by atoms with Crippen molar-refractivity contribution in [2.45, 2.75) is 36.0 Å². The lowest BCUT2D eigenvalue weighted by Crippen LogP contribution is -2.39. The SMILES string of the molecule is CCNC(=NCC1(Sc2ccccc2)CC1)N(C)Cc1cnn(C)c1. The molecule has 1 N–H and O–H groups in total. The number of aliphatic imine (C=N–C) groups is 1. The molecule has 0 unspecified atom stereocenters. The van der Waals surface area contributed by atoms with E-state index in [4.69, 9.17) is 4.99 Å². The van der Waals surface area contributed by atoms with E-state index < -0.39 is 0 Å². The minimum absolute atomic E-state index is 0.275. The second-order valence-corrected chi connectivity index (χ2v) is 8.19. The van der Waals surface area contributed by atoms with Gasteiger partial charge >= 0.3 is 0 Å². The summed E-state index contributed by atoms with van der Waals surface area (Å²) >= 11 is 1.97. The van der Waals surface area contributed by atoms with Gasteiger partial charge in [-0.15, -0.1) is 11.8 Å². The summed E-state index contributed by atoms with van der Waals surface area (Å²) in [6.45, 7) is 4.64. The third-order valence-electron chi connectivity index (χ3n) is 4.28. The zero-order chi connectivity index (χ0) is 17.7. The molecule has 0 saturated heterocycles. The molecule has 0 bridgehead atoms. The summed E-state index contributed by atoms with van der Waals surface area (Å²) in [6, 6.07) is 10.7. The number of rotatable bonds is 7. The monoisotopic (exact) mass is 357 g/mol. The van der Waals surface area contributed by atoms with Gasteiger partial charge in [-0.3, -0.25) is 9.67 Å². The van der Waals surface area contributed by atoms with Gasteiger partial charge in [0, 0.05) is 48.6 Å². The molecular weight excluding hydrogens is 330 g/mol. The number of aryl methyl sites for hydroxylation is 1. The first kappa shape index (κ1) is 17.9. The first-order valence-electron chi connectivity index (χ1n) is 8.81. The van der Waals surface area contributed by atoms with Crippen molar-refractivity contribution in [2.24, 2.45) is 12.0 Å². The molecule has 1 saturated carbocycles. The fraction of sp³-hybridized carbons (Fsp3) is 0.474. The predicted molar refractivity (Wildman–Crippen MR) is 105 cm³/mol. The number of benzene rings is 1. The molecule has 1 aromatic carbocycles. The van der Waals surface area contributed by atoms with Gasteiger partial charge in [-0.1, -0.05) is 18.2 Å². The number of hydrogen-bond donors (Lipinski definition) is 1. The van der Waals surface area contributed by atoms with Crippen molar-refractivity contribution in [3.8, 4) is 0 Å². The van der Waals surface area contributed by atoms with Crippen LogP contribution in [0.25, 0.3) is 0 Å². The molecule has 6 heteroatoms. The normalized spacial score (nSPS) is 15.9. The summed E-state index contributed by atoms with van der Waals surface area (Å²) in [7, 11) is 4.03.